The van der Waals surface area contributed by atoms with Crippen LogP contribution in [-0.2, 0) is 14.3 Å². The number of carbonyl (C=O) groups is 2. The van der Waals surface area contributed by atoms with Crippen molar-refractivity contribution in [3.8, 4) is 5.75 Å². The molecule has 2 aromatic rings. The van der Waals surface area contributed by atoms with Crippen LogP contribution in [0, 0.1) is 10.1 Å². The molecule has 0 bridgehead atoms. The summed E-state index contributed by atoms with van der Waals surface area (Å²) in [4.78, 5) is 34.3. The van der Waals surface area contributed by atoms with Gasteiger partial charge in [0.25, 0.3) is 11.6 Å². The van der Waals surface area contributed by atoms with E-state index < -0.39 is 22.9 Å². The van der Waals surface area contributed by atoms with E-state index in [9.17, 15) is 19.7 Å². The van der Waals surface area contributed by atoms with Crippen LogP contribution in [0.25, 0.3) is 0 Å². The van der Waals surface area contributed by atoms with Crippen LogP contribution in [-0.4, -0.2) is 29.5 Å². The average Bonchev–Trinajstić information content (AvgIpc) is 2.66. The first-order valence-electron chi connectivity index (χ1n) is 8.39. The predicted octanol–water partition coefficient (Wildman–Crippen LogP) is 3.32. The second-order valence-corrected chi connectivity index (χ2v) is 5.66. The van der Waals surface area contributed by atoms with E-state index >= 15 is 0 Å². The van der Waals surface area contributed by atoms with E-state index in [1.54, 1.807) is 6.07 Å². The van der Waals surface area contributed by atoms with Crippen LogP contribution in [0.1, 0.15) is 19.8 Å². The van der Waals surface area contributed by atoms with Crippen molar-refractivity contribution in [3.05, 3.63) is 64.7 Å². The topological polar surface area (TPSA) is 108 Å². The molecule has 0 unspecified atom stereocenters. The number of benzene rings is 2. The molecule has 142 valence electrons. The predicted molar refractivity (Wildman–Crippen MR) is 98.5 cm³/mol. The Morgan fingerprint density at radius 3 is 2.48 bits per heavy atom. The fourth-order valence-electron chi connectivity index (χ4n) is 2.21. The number of nitro groups is 1. The van der Waals surface area contributed by atoms with Crippen LogP contribution in [0.4, 0.5) is 11.4 Å². The highest BCUT2D eigenvalue weighted by atomic mass is 16.6. The molecule has 0 aromatic heterocycles. The van der Waals surface area contributed by atoms with Crippen LogP contribution in [0.15, 0.2) is 54.6 Å². The van der Waals surface area contributed by atoms with E-state index in [1.807, 2.05) is 30.3 Å². The number of para-hydroxylation sites is 3. The van der Waals surface area contributed by atoms with Gasteiger partial charge < -0.3 is 14.8 Å². The highest BCUT2D eigenvalue weighted by Gasteiger charge is 2.21. The monoisotopic (exact) mass is 372 g/mol. The van der Waals surface area contributed by atoms with Gasteiger partial charge in [0.15, 0.2) is 6.10 Å². The highest BCUT2D eigenvalue weighted by molar-refractivity contribution is 5.96. The van der Waals surface area contributed by atoms with E-state index in [1.165, 1.54) is 25.1 Å². The lowest BCUT2D eigenvalue weighted by Gasteiger charge is -2.13. The molecule has 8 heteroatoms. The summed E-state index contributed by atoms with van der Waals surface area (Å²) in [5.74, 6) is -0.474. The summed E-state index contributed by atoms with van der Waals surface area (Å²) in [7, 11) is 0. The fourth-order valence-corrected chi connectivity index (χ4v) is 2.21. The maximum atomic E-state index is 12.1. The fraction of sp³-hybridized carbons (Fsp3) is 0.263. The number of nitro benzene ring substituents is 1. The zero-order chi connectivity index (χ0) is 19.6. The van der Waals surface area contributed by atoms with Crippen LogP contribution < -0.4 is 10.1 Å². The van der Waals surface area contributed by atoms with Crippen molar-refractivity contribution in [2.24, 2.45) is 0 Å². The van der Waals surface area contributed by atoms with Crippen LogP contribution in [0.5, 0.6) is 5.75 Å². The second kappa shape index (κ2) is 9.91. The third-order valence-electron chi connectivity index (χ3n) is 3.57. The summed E-state index contributed by atoms with van der Waals surface area (Å²) in [6.45, 7) is 1.75. The Morgan fingerprint density at radius 2 is 1.78 bits per heavy atom. The number of hydrogen-bond donors (Lipinski definition) is 1. The van der Waals surface area contributed by atoms with Gasteiger partial charge in [0, 0.05) is 12.5 Å². The van der Waals surface area contributed by atoms with Crippen LogP contribution >= 0.6 is 0 Å². The largest absolute Gasteiger partial charge is 0.494 e. The molecule has 0 radical (unpaired) electrons. The number of anilines is 1. The number of amides is 1. The van der Waals surface area contributed by atoms with Gasteiger partial charge in [-0.1, -0.05) is 30.3 Å². The molecule has 0 heterocycles. The van der Waals surface area contributed by atoms with Crippen LogP contribution in [0.2, 0.25) is 0 Å². The van der Waals surface area contributed by atoms with Gasteiger partial charge in [-0.25, -0.2) is 0 Å². The molecule has 8 nitrogen and oxygen atoms in total. The van der Waals surface area contributed by atoms with Gasteiger partial charge in [0.2, 0.25) is 0 Å². The van der Waals surface area contributed by atoms with Gasteiger partial charge in [-0.05, 0) is 31.5 Å². The van der Waals surface area contributed by atoms with E-state index in [-0.39, 0.29) is 17.8 Å². The lowest BCUT2D eigenvalue weighted by molar-refractivity contribution is -0.383. The Hall–Kier alpha value is -3.42. The van der Waals surface area contributed by atoms with Gasteiger partial charge in [-0.2, -0.15) is 0 Å². The first-order chi connectivity index (χ1) is 13.0. The Morgan fingerprint density at radius 1 is 1.11 bits per heavy atom. The summed E-state index contributed by atoms with van der Waals surface area (Å²) >= 11 is 0. The standard InChI is InChI=1S/C19H20N2O6/c1-14(19(23)20-16-10-5-6-11-17(16)21(24)25)27-18(22)12-7-13-26-15-8-3-2-4-9-15/h2-6,8-11,14H,7,12-13H2,1H3,(H,20,23)/t14-/m1/s1. The van der Waals surface area contributed by atoms with E-state index in [4.69, 9.17) is 9.47 Å². The lowest BCUT2D eigenvalue weighted by atomic mass is 10.2. The molecule has 0 aliphatic rings. The first-order valence-corrected chi connectivity index (χ1v) is 8.39. The molecule has 2 aromatic carbocycles. The molecule has 0 spiro atoms. The Kier molecular flexibility index (Phi) is 7.30. The minimum absolute atomic E-state index is 0.0478. The SMILES string of the molecule is C[C@@H](OC(=O)CCCOc1ccccc1)C(=O)Nc1ccccc1[N+](=O)[O-]. The summed E-state index contributed by atoms with van der Waals surface area (Å²) in [6.07, 6.45) is -0.547. The third kappa shape index (κ3) is 6.43. The molecule has 1 N–H and O–H groups in total. The number of esters is 1. The number of nitrogens with one attached hydrogen (secondary N) is 1. The van der Waals surface area contributed by atoms with Crippen molar-refractivity contribution in [2.75, 3.05) is 11.9 Å². The summed E-state index contributed by atoms with van der Waals surface area (Å²) in [5.41, 5.74) is -0.186. The van der Waals surface area contributed by atoms with Gasteiger partial charge >= 0.3 is 5.97 Å². The third-order valence-corrected chi connectivity index (χ3v) is 3.57. The van der Waals surface area contributed by atoms with E-state index in [2.05, 4.69) is 5.32 Å². The minimum Gasteiger partial charge on any atom is -0.494 e. The molecular formula is C19H20N2O6. The number of hydrogen-bond acceptors (Lipinski definition) is 6. The Bertz CT molecular complexity index is 794. The van der Waals surface area contributed by atoms with Gasteiger partial charge in [-0.3, -0.25) is 19.7 Å². The van der Waals surface area contributed by atoms with Crippen molar-refractivity contribution in [3.63, 3.8) is 0 Å². The van der Waals surface area contributed by atoms with Crippen molar-refractivity contribution < 1.29 is 24.0 Å². The molecule has 1 amide bonds. The van der Waals surface area contributed by atoms with Crippen LogP contribution in [0.3, 0.4) is 0 Å². The highest BCUT2D eigenvalue weighted by Crippen LogP contribution is 2.23. The first kappa shape index (κ1) is 19.9. The van der Waals surface area contributed by atoms with Crippen molar-refractivity contribution in [2.45, 2.75) is 25.9 Å². The zero-order valence-electron chi connectivity index (χ0n) is 14.8. The van der Waals surface area contributed by atoms with Crippen molar-refractivity contribution in [1.29, 1.82) is 0 Å². The Balaban J connectivity index is 1.75. The minimum atomic E-state index is -1.08. The van der Waals surface area contributed by atoms with Crippen molar-refractivity contribution >= 4 is 23.3 Å². The van der Waals surface area contributed by atoms with Gasteiger partial charge in [-0.15, -0.1) is 0 Å². The summed E-state index contributed by atoms with van der Waals surface area (Å²) in [6, 6.07) is 14.9. The maximum absolute atomic E-state index is 12.1. The molecule has 0 fully saturated rings. The van der Waals surface area contributed by atoms with Gasteiger partial charge in [0.1, 0.15) is 11.4 Å². The average molecular weight is 372 g/mol. The molecule has 0 aliphatic heterocycles. The molecule has 0 aliphatic carbocycles. The number of nitrogens with zero attached hydrogens (tertiary/aromatic N) is 1. The number of carbonyl (C=O) groups excluding carboxylic acids is 2. The van der Waals surface area contributed by atoms with Crippen molar-refractivity contribution in [1.82, 2.24) is 0 Å². The lowest BCUT2D eigenvalue weighted by Crippen LogP contribution is -2.30. The second-order valence-electron chi connectivity index (χ2n) is 5.66. The molecular weight excluding hydrogens is 352 g/mol. The van der Waals surface area contributed by atoms with E-state index in [0.717, 1.165) is 0 Å². The normalized spacial score (nSPS) is 11.3. The maximum Gasteiger partial charge on any atom is 0.306 e. The molecule has 27 heavy (non-hydrogen) atoms. The van der Waals surface area contributed by atoms with E-state index in [0.29, 0.717) is 18.8 Å². The molecule has 0 saturated carbocycles. The smallest absolute Gasteiger partial charge is 0.306 e. The zero-order valence-corrected chi connectivity index (χ0v) is 14.8. The van der Waals surface area contributed by atoms with Gasteiger partial charge in [0.05, 0.1) is 11.5 Å². The number of rotatable bonds is 9. The molecule has 2 rings (SSSR count). The molecule has 1 atom stereocenters. The number of ether oxygens (including phenoxy) is 2. The summed E-state index contributed by atoms with van der Waals surface area (Å²) < 4.78 is 10.5. The summed E-state index contributed by atoms with van der Waals surface area (Å²) in [5, 5.41) is 13.4. The quantitative estimate of drug-likeness (QED) is 0.313. The Labute approximate surface area is 156 Å². The molecule has 0 saturated heterocycles.